The lowest BCUT2D eigenvalue weighted by Gasteiger charge is -2.17. The largest absolute Gasteiger partial charge is 0.492 e. The molecule has 24 heavy (non-hydrogen) atoms. The summed E-state index contributed by atoms with van der Waals surface area (Å²) < 4.78 is 5.59. The van der Waals surface area contributed by atoms with Gasteiger partial charge in [0.25, 0.3) is 11.4 Å². The maximum atomic E-state index is 10.8. The minimum atomic E-state index is -0.478. The van der Waals surface area contributed by atoms with Crippen molar-refractivity contribution in [3.63, 3.8) is 0 Å². The summed E-state index contributed by atoms with van der Waals surface area (Å²) in [6.07, 6.45) is 0. The average molecular weight is 460 g/mol. The van der Waals surface area contributed by atoms with Crippen LogP contribution in [-0.2, 0) is 0 Å². The highest BCUT2D eigenvalue weighted by molar-refractivity contribution is 9.12. The molecule has 0 aromatic heterocycles. The van der Waals surface area contributed by atoms with Crippen LogP contribution in [0.1, 0.15) is 10.4 Å². The second kappa shape index (κ2) is 8.20. The van der Waals surface area contributed by atoms with Crippen molar-refractivity contribution in [1.29, 1.82) is 0 Å². The van der Waals surface area contributed by atoms with E-state index < -0.39 is 9.85 Å². The van der Waals surface area contributed by atoms with Gasteiger partial charge in [0.15, 0.2) is 0 Å². The Labute approximate surface area is 154 Å². The number of benzene rings is 2. The fraction of sp³-hybridized carbons (Fsp3) is 0.200. The van der Waals surface area contributed by atoms with Gasteiger partial charge >= 0.3 is 0 Å². The number of halogens is 2. The van der Waals surface area contributed by atoms with Gasteiger partial charge in [-0.2, -0.15) is 0 Å². The molecule has 0 fully saturated rings. The number of hydrogen-bond donors (Lipinski definition) is 0. The minimum absolute atomic E-state index is 0.00675. The standard InChI is InChI=1S/C15H12Br2N2O5/c16-14(9-24-13-6-4-11(5-7-13)18(20)21)15(17)10-2-1-3-12(8-10)19(22)23/h1-8,14-15H,9H2/t14-,15+/m0/s1. The summed E-state index contributed by atoms with van der Waals surface area (Å²) >= 11 is 6.99. The van der Waals surface area contributed by atoms with Crippen LogP contribution in [0.15, 0.2) is 48.5 Å². The van der Waals surface area contributed by atoms with Gasteiger partial charge in [0.1, 0.15) is 12.4 Å². The van der Waals surface area contributed by atoms with Gasteiger partial charge in [0.2, 0.25) is 0 Å². The molecule has 126 valence electrons. The van der Waals surface area contributed by atoms with Crippen LogP contribution in [-0.4, -0.2) is 21.3 Å². The maximum Gasteiger partial charge on any atom is 0.269 e. The number of hydrogen-bond acceptors (Lipinski definition) is 5. The molecule has 2 rings (SSSR count). The maximum absolute atomic E-state index is 10.8. The Morgan fingerprint density at radius 1 is 0.958 bits per heavy atom. The van der Waals surface area contributed by atoms with Gasteiger partial charge in [0.05, 0.1) is 19.5 Å². The van der Waals surface area contributed by atoms with Crippen LogP contribution in [0.3, 0.4) is 0 Å². The molecule has 9 heteroatoms. The van der Waals surface area contributed by atoms with Gasteiger partial charge in [-0.3, -0.25) is 20.2 Å². The molecule has 0 heterocycles. The number of ether oxygens (including phenoxy) is 1. The van der Waals surface area contributed by atoms with E-state index in [9.17, 15) is 20.2 Å². The molecule has 0 unspecified atom stereocenters. The molecule has 0 aliphatic carbocycles. The molecule has 0 amide bonds. The van der Waals surface area contributed by atoms with Crippen molar-refractivity contribution >= 4 is 43.2 Å². The van der Waals surface area contributed by atoms with Crippen LogP contribution in [0.5, 0.6) is 5.75 Å². The molecular weight excluding hydrogens is 448 g/mol. The lowest BCUT2D eigenvalue weighted by Crippen LogP contribution is -2.16. The first-order valence-corrected chi connectivity index (χ1v) is 8.61. The predicted octanol–water partition coefficient (Wildman–Crippen LogP) is 4.78. The van der Waals surface area contributed by atoms with Crippen molar-refractivity contribution in [2.24, 2.45) is 0 Å². The lowest BCUT2D eigenvalue weighted by atomic mass is 10.1. The number of nitro benzene ring substituents is 2. The first kappa shape index (κ1) is 18.3. The van der Waals surface area contributed by atoms with E-state index in [1.54, 1.807) is 12.1 Å². The predicted molar refractivity (Wildman–Crippen MR) is 96.1 cm³/mol. The Bertz CT molecular complexity index is 739. The average Bonchev–Trinajstić information content (AvgIpc) is 2.59. The normalized spacial score (nSPS) is 13.1. The molecule has 0 saturated carbocycles. The van der Waals surface area contributed by atoms with E-state index in [2.05, 4.69) is 31.9 Å². The summed E-state index contributed by atoms with van der Waals surface area (Å²) in [5, 5.41) is 21.4. The van der Waals surface area contributed by atoms with Gasteiger partial charge in [0, 0.05) is 24.3 Å². The number of alkyl halides is 2. The Hall–Kier alpha value is -2.00. The van der Waals surface area contributed by atoms with Crippen molar-refractivity contribution < 1.29 is 14.6 Å². The van der Waals surface area contributed by atoms with E-state index in [4.69, 9.17) is 4.74 Å². The van der Waals surface area contributed by atoms with Gasteiger partial charge in [-0.1, -0.05) is 44.0 Å². The molecule has 2 atom stereocenters. The van der Waals surface area contributed by atoms with Crippen LogP contribution in [0, 0.1) is 20.2 Å². The molecule has 0 radical (unpaired) electrons. The van der Waals surface area contributed by atoms with E-state index in [0.717, 1.165) is 5.56 Å². The molecule has 2 aromatic carbocycles. The first-order valence-electron chi connectivity index (χ1n) is 6.78. The van der Waals surface area contributed by atoms with E-state index in [-0.39, 0.29) is 27.6 Å². The molecule has 0 spiro atoms. The highest BCUT2D eigenvalue weighted by atomic mass is 79.9. The van der Waals surface area contributed by atoms with Crippen molar-refractivity contribution in [2.75, 3.05) is 6.61 Å². The third-order valence-electron chi connectivity index (χ3n) is 3.17. The van der Waals surface area contributed by atoms with Crippen LogP contribution < -0.4 is 4.74 Å². The lowest BCUT2D eigenvalue weighted by molar-refractivity contribution is -0.385. The Kier molecular flexibility index (Phi) is 6.27. The zero-order valence-electron chi connectivity index (χ0n) is 12.2. The van der Waals surface area contributed by atoms with Crippen LogP contribution in [0.4, 0.5) is 11.4 Å². The SMILES string of the molecule is O=[N+]([O-])c1ccc(OC[C@H](Br)[C@H](Br)c2cccc([N+](=O)[O-])c2)cc1. The highest BCUT2D eigenvalue weighted by Crippen LogP contribution is 2.33. The Balaban J connectivity index is 1.98. The minimum Gasteiger partial charge on any atom is -0.492 e. The van der Waals surface area contributed by atoms with E-state index in [1.165, 1.54) is 36.4 Å². The third kappa shape index (κ3) is 4.75. The van der Waals surface area contributed by atoms with Gasteiger partial charge in [-0.25, -0.2) is 0 Å². The number of nitro groups is 2. The second-order valence-electron chi connectivity index (χ2n) is 4.83. The summed E-state index contributed by atoms with van der Waals surface area (Å²) in [4.78, 5) is 20.2. The van der Waals surface area contributed by atoms with E-state index in [1.807, 2.05) is 0 Å². The molecule has 2 aromatic rings. The first-order chi connectivity index (χ1) is 11.4. The summed E-state index contributed by atoms with van der Waals surface area (Å²) in [5.74, 6) is 0.504. The molecule has 0 aliphatic heterocycles. The fourth-order valence-corrected chi connectivity index (χ4v) is 2.82. The van der Waals surface area contributed by atoms with E-state index in [0.29, 0.717) is 5.75 Å². The van der Waals surface area contributed by atoms with Crippen LogP contribution in [0.2, 0.25) is 0 Å². The molecule has 7 nitrogen and oxygen atoms in total. The van der Waals surface area contributed by atoms with Crippen molar-refractivity contribution in [3.8, 4) is 5.75 Å². The van der Waals surface area contributed by atoms with Gasteiger partial charge in [-0.15, -0.1) is 0 Å². The van der Waals surface area contributed by atoms with Crippen molar-refractivity contribution in [1.82, 2.24) is 0 Å². The molecule has 0 saturated heterocycles. The number of nitrogens with zero attached hydrogens (tertiary/aromatic N) is 2. The number of non-ortho nitro benzene ring substituents is 2. The fourth-order valence-electron chi connectivity index (χ4n) is 1.94. The van der Waals surface area contributed by atoms with Crippen molar-refractivity contribution in [2.45, 2.75) is 9.65 Å². The summed E-state index contributed by atoms with van der Waals surface area (Å²) in [7, 11) is 0. The molecular formula is C15H12Br2N2O5. The quantitative estimate of drug-likeness (QED) is 0.337. The molecule has 0 aliphatic rings. The summed E-state index contributed by atoms with van der Waals surface area (Å²) in [5.41, 5.74) is 0.763. The van der Waals surface area contributed by atoms with E-state index >= 15 is 0 Å². The highest BCUT2D eigenvalue weighted by Gasteiger charge is 2.20. The summed E-state index contributed by atoms with van der Waals surface area (Å²) in [6.45, 7) is 0.274. The Morgan fingerprint density at radius 3 is 2.17 bits per heavy atom. The topological polar surface area (TPSA) is 95.5 Å². The number of rotatable bonds is 7. The van der Waals surface area contributed by atoms with Crippen LogP contribution >= 0.6 is 31.9 Å². The zero-order valence-corrected chi connectivity index (χ0v) is 15.3. The summed E-state index contributed by atoms with van der Waals surface area (Å²) in [6, 6.07) is 12.1. The smallest absolute Gasteiger partial charge is 0.269 e. The van der Waals surface area contributed by atoms with Gasteiger partial charge < -0.3 is 4.74 Å². The molecule has 0 N–H and O–H groups in total. The Morgan fingerprint density at radius 2 is 1.58 bits per heavy atom. The zero-order chi connectivity index (χ0) is 17.7. The van der Waals surface area contributed by atoms with Gasteiger partial charge in [-0.05, 0) is 17.7 Å². The van der Waals surface area contributed by atoms with Crippen LogP contribution in [0.25, 0.3) is 0 Å². The third-order valence-corrected chi connectivity index (χ3v) is 5.84. The monoisotopic (exact) mass is 458 g/mol. The van der Waals surface area contributed by atoms with Crippen molar-refractivity contribution in [3.05, 3.63) is 74.3 Å². The second-order valence-corrected chi connectivity index (χ2v) is 6.99. The molecule has 0 bridgehead atoms.